The zero-order valence-electron chi connectivity index (χ0n) is 13.8. The SMILES string of the molecule is COc1ccccc1CC(C)(CN)N1CCCC(C)CC1. The first-order chi connectivity index (χ1) is 10.1. The van der Waals surface area contributed by atoms with Crippen molar-refractivity contribution < 1.29 is 4.74 Å². The number of nitrogens with zero attached hydrogens (tertiary/aromatic N) is 1. The van der Waals surface area contributed by atoms with Gasteiger partial charge >= 0.3 is 0 Å². The summed E-state index contributed by atoms with van der Waals surface area (Å²) in [6, 6.07) is 8.30. The molecule has 21 heavy (non-hydrogen) atoms. The smallest absolute Gasteiger partial charge is 0.122 e. The van der Waals surface area contributed by atoms with Gasteiger partial charge in [-0.15, -0.1) is 0 Å². The highest BCUT2D eigenvalue weighted by Crippen LogP contribution is 2.29. The summed E-state index contributed by atoms with van der Waals surface area (Å²) in [4.78, 5) is 2.60. The van der Waals surface area contributed by atoms with E-state index in [0.717, 1.165) is 31.2 Å². The highest BCUT2D eigenvalue weighted by Gasteiger charge is 2.32. The molecular weight excluding hydrogens is 260 g/mol. The van der Waals surface area contributed by atoms with Crippen LogP contribution in [0.2, 0.25) is 0 Å². The minimum absolute atomic E-state index is 0.0126. The Morgan fingerprint density at radius 3 is 2.76 bits per heavy atom. The van der Waals surface area contributed by atoms with Crippen LogP contribution in [0.3, 0.4) is 0 Å². The van der Waals surface area contributed by atoms with Crippen LogP contribution in [0.1, 0.15) is 38.7 Å². The highest BCUT2D eigenvalue weighted by atomic mass is 16.5. The lowest BCUT2D eigenvalue weighted by atomic mass is 9.90. The van der Waals surface area contributed by atoms with Gasteiger partial charge in [0.25, 0.3) is 0 Å². The van der Waals surface area contributed by atoms with Crippen molar-refractivity contribution in [3.05, 3.63) is 29.8 Å². The maximum absolute atomic E-state index is 6.18. The molecule has 0 amide bonds. The average molecular weight is 290 g/mol. The topological polar surface area (TPSA) is 38.5 Å². The van der Waals surface area contributed by atoms with Gasteiger partial charge in [-0.05, 0) is 63.2 Å². The highest BCUT2D eigenvalue weighted by molar-refractivity contribution is 5.34. The molecule has 1 fully saturated rings. The number of likely N-dealkylation sites (tertiary alicyclic amines) is 1. The molecule has 0 radical (unpaired) electrons. The lowest BCUT2D eigenvalue weighted by Gasteiger charge is -2.40. The Morgan fingerprint density at radius 1 is 1.29 bits per heavy atom. The fourth-order valence-corrected chi connectivity index (χ4v) is 3.38. The molecule has 3 nitrogen and oxygen atoms in total. The minimum Gasteiger partial charge on any atom is -0.496 e. The van der Waals surface area contributed by atoms with Crippen molar-refractivity contribution in [2.75, 3.05) is 26.7 Å². The van der Waals surface area contributed by atoms with Crippen LogP contribution < -0.4 is 10.5 Å². The van der Waals surface area contributed by atoms with Crippen LogP contribution >= 0.6 is 0 Å². The third-order valence-electron chi connectivity index (χ3n) is 4.98. The maximum Gasteiger partial charge on any atom is 0.122 e. The van der Waals surface area contributed by atoms with Gasteiger partial charge < -0.3 is 10.5 Å². The standard InChI is InChI=1S/C18H30N2O/c1-15-7-6-11-20(12-10-15)18(2,14-19)13-16-8-4-5-9-17(16)21-3/h4-5,8-9,15H,6-7,10-14,19H2,1-3H3. The monoisotopic (exact) mass is 290 g/mol. The summed E-state index contributed by atoms with van der Waals surface area (Å²) in [5.74, 6) is 1.81. The molecule has 1 aromatic rings. The van der Waals surface area contributed by atoms with E-state index in [1.165, 1.54) is 24.8 Å². The zero-order chi connectivity index (χ0) is 15.3. The van der Waals surface area contributed by atoms with Gasteiger partial charge in [-0.1, -0.05) is 25.1 Å². The van der Waals surface area contributed by atoms with E-state index in [1.54, 1.807) is 7.11 Å². The summed E-state index contributed by atoms with van der Waals surface area (Å²) in [5.41, 5.74) is 7.45. The van der Waals surface area contributed by atoms with Gasteiger partial charge in [0.05, 0.1) is 7.11 Å². The second-order valence-corrected chi connectivity index (χ2v) is 6.71. The number of hydrogen-bond donors (Lipinski definition) is 1. The number of benzene rings is 1. The Morgan fingerprint density at radius 2 is 2.05 bits per heavy atom. The van der Waals surface area contributed by atoms with Crippen LogP contribution in [0, 0.1) is 5.92 Å². The third-order valence-corrected chi connectivity index (χ3v) is 4.98. The Kier molecular flexibility index (Phi) is 5.65. The van der Waals surface area contributed by atoms with Gasteiger partial charge in [-0.2, -0.15) is 0 Å². The molecule has 0 aromatic heterocycles. The van der Waals surface area contributed by atoms with Gasteiger partial charge in [0.2, 0.25) is 0 Å². The zero-order valence-corrected chi connectivity index (χ0v) is 13.8. The van der Waals surface area contributed by atoms with Crippen molar-refractivity contribution in [2.45, 2.75) is 45.1 Å². The molecule has 118 valence electrons. The predicted octanol–water partition coefficient (Wildman–Crippen LogP) is 3.08. The number of ether oxygens (including phenoxy) is 1. The first kappa shape index (κ1) is 16.3. The minimum atomic E-state index is 0.0126. The summed E-state index contributed by atoms with van der Waals surface area (Å²) < 4.78 is 5.51. The molecule has 1 aromatic carbocycles. The van der Waals surface area contributed by atoms with E-state index < -0.39 is 0 Å². The van der Waals surface area contributed by atoms with Crippen molar-refractivity contribution in [3.63, 3.8) is 0 Å². The quantitative estimate of drug-likeness (QED) is 0.905. The van der Waals surface area contributed by atoms with E-state index in [1.807, 2.05) is 12.1 Å². The summed E-state index contributed by atoms with van der Waals surface area (Å²) in [7, 11) is 1.74. The van der Waals surface area contributed by atoms with Crippen molar-refractivity contribution >= 4 is 0 Å². The summed E-state index contributed by atoms with van der Waals surface area (Å²) in [6.07, 6.45) is 4.85. The number of methoxy groups -OCH3 is 1. The summed E-state index contributed by atoms with van der Waals surface area (Å²) in [5, 5.41) is 0. The Bertz CT molecular complexity index is 449. The van der Waals surface area contributed by atoms with E-state index in [2.05, 4.69) is 30.9 Å². The Hall–Kier alpha value is -1.06. The molecule has 1 heterocycles. The Labute approximate surface area is 129 Å². The Balaban J connectivity index is 2.16. The molecule has 2 N–H and O–H groups in total. The van der Waals surface area contributed by atoms with Crippen molar-refractivity contribution in [1.82, 2.24) is 4.90 Å². The van der Waals surface area contributed by atoms with Crippen LogP contribution in [-0.2, 0) is 6.42 Å². The van der Waals surface area contributed by atoms with Crippen LogP contribution in [0.15, 0.2) is 24.3 Å². The first-order valence-corrected chi connectivity index (χ1v) is 8.16. The van der Waals surface area contributed by atoms with E-state index in [-0.39, 0.29) is 5.54 Å². The number of hydrogen-bond acceptors (Lipinski definition) is 3. The fourth-order valence-electron chi connectivity index (χ4n) is 3.38. The number of para-hydroxylation sites is 1. The van der Waals surface area contributed by atoms with Crippen LogP contribution in [0.5, 0.6) is 5.75 Å². The second-order valence-electron chi connectivity index (χ2n) is 6.71. The molecule has 3 heteroatoms. The summed E-state index contributed by atoms with van der Waals surface area (Å²) >= 11 is 0. The van der Waals surface area contributed by atoms with E-state index in [4.69, 9.17) is 10.5 Å². The van der Waals surface area contributed by atoms with Crippen LogP contribution in [0.4, 0.5) is 0 Å². The largest absolute Gasteiger partial charge is 0.496 e. The van der Waals surface area contributed by atoms with E-state index in [9.17, 15) is 0 Å². The first-order valence-electron chi connectivity index (χ1n) is 8.16. The van der Waals surface area contributed by atoms with Gasteiger partial charge in [0.15, 0.2) is 0 Å². The molecule has 2 atom stereocenters. The summed E-state index contributed by atoms with van der Waals surface area (Å²) in [6.45, 7) is 7.66. The van der Waals surface area contributed by atoms with Crippen molar-refractivity contribution in [1.29, 1.82) is 0 Å². The molecule has 0 spiro atoms. The predicted molar refractivity (Wildman–Crippen MR) is 88.7 cm³/mol. The number of rotatable bonds is 5. The number of nitrogens with two attached hydrogens (primary N) is 1. The molecule has 1 saturated heterocycles. The van der Waals surface area contributed by atoms with Gasteiger partial charge in [-0.25, -0.2) is 0 Å². The van der Waals surface area contributed by atoms with Crippen LogP contribution in [0.25, 0.3) is 0 Å². The molecule has 0 saturated carbocycles. The molecule has 0 bridgehead atoms. The lowest BCUT2D eigenvalue weighted by Crippen LogP contribution is -2.53. The third kappa shape index (κ3) is 3.98. The molecule has 1 aliphatic rings. The normalized spacial score (nSPS) is 23.3. The molecule has 0 aliphatic carbocycles. The molecular formula is C18H30N2O. The van der Waals surface area contributed by atoms with Gasteiger partial charge in [0, 0.05) is 12.1 Å². The van der Waals surface area contributed by atoms with Crippen LogP contribution in [-0.4, -0.2) is 37.2 Å². The average Bonchev–Trinajstić information content (AvgIpc) is 2.73. The van der Waals surface area contributed by atoms with E-state index in [0.29, 0.717) is 6.54 Å². The lowest BCUT2D eigenvalue weighted by molar-refractivity contribution is 0.113. The van der Waals surface area contributed by atoms with Crippen molar-refractivity contribution in [3.8, 4) is 5.75 Å². The fraction of sp³-hybridized carbons (Fsp3) is 0.667. The molecule has 2 rings (SSSR count). The van der Waals surface area contributed by atoms with Gasteiger partial charge in [-0.3, -0.25) is 4.90 Å². The van der Waals surface area contributed by atoms with Gasteiger partial charge in [0.1, 0.15) is 5.75 Å². The maximum atomic E-state index is 6.18. The molecule has 1 aliphatic heterocycles. The molecule has 2 unspecified atom stereocenters. The van der Waals surface area contributed by atoms with E-state index >= 15 is 0 Å². The second kappa shape index (κ2) is 7.28. The van der Waals surface area contributed by atoms with Crippen molar-refractivity contribution in [2.24, 2.45) is 11.7 Å².